The van der Waals surface area contributed by atoms with Crippen molar-refractivity contribution in [2.75, 3.05) is 0 Å². The van der Waals surface area contributed by atoms with Gasteiger partial charge in [-0.25, -0.2) is 0 Å². The number of nitrogens with one attached hydrogen (secondary N) is 1. The number of benzene rings is 2. The van der Waals surface area contributed by atoms with Crippen molar-refractivity contribution < 1.29 is 4.79 Å². The molecule has 16 heavy (non-hydrogen) atoms. The highest BCUT2D eigenvalue weighted by atomic mass is 16.1. The van der Waals surface area contributed by atoms with Crippen LogP contribution in [0, 0.1) is 0 Å². The Bertz CT molecular complexity index is 486. The summed E-state index contributed by atoms with van der Waals surface area (Å²) in [6.45, 7) is 2.13. The van der Waals surface area contributed by atoms with Gasteiger partial charge in [-0.15, -0.1) is 0 Å². The number of hydrogen-bond acceptors (Lipinski definition) is 1. The van der Waals surface area contributed by atoms with Gasteiger partial charge in [-0.3, -0.25) is 4.79 Å². The fourth-order valence-electron chi connectivity index (χ4n) is 1.67. The highest BCUT2D eigenvalue weighted by Gasteiger charge is 1.99. The molecule has 2 heteroatoms. The second-order valence-corrected chi connectivity index (χ2v) is 3.55. The first kappa shape index (κ1) is 12.2. The van der Waals surface area contributed by atoms with Crippen LogP contribution in [0.5, 0.6) is 0 Å². The second-order valence-electron chi connectivity index (χ2n) is 3.55. The maximum atomic E-state index is 10.8. The predicted octanol–water partition coefficient (Wildman–Crippen LogP) is 3.11. The molecule has 1 amide bonds. The molecule has 0 atom stereocenters. The highest BCUT2D eigenvalue weighted by molar-refractivity contribution is 5.86. The molecule has 2 aromatic carbocycles. The summed E-state index contributed by atoms with van der Waals surface area (Å²) in [6.07, 6.45) is 0. The van der Waals surface area contributed by atoms with Crippen LogP contribution >= 0.6 is 0 Å². The van der Waals surface area contributed by atoms with E-state index in [4.69, 9.17) is 0 Å². The van der Waals surface area contributed by atoms with E-state index in [1.165, 1.54) is 17.7 Å². The zero-order valence-electron chi connectivity index (χ0n) is 8.66. The topological polar surface area (TPSA) is 29.1 Å². The molecule has 0 saturated carbocycles. The molecule has 2 aromatic rings. The maximum absolute atomic E-state index is 10.8. The third-order valence-electron chi connectivity index (χ3n) is 2.41. The zero-order chi connectivity index (χ0) is 10.7. The van der Waals surface area contributed by atoms with Crippen molar-refractivity contribution >= 4 is 16.7 Å². The molecule has 0 saturated heterocycles. The molecule has 2 rings (SSSR count). The number of carbonyl (C=O) groups is 1. The summed E-state index contributed by atoms with van der Waals surface area (Å²) in [5.41, 5.74) is 1.16. The first-order valence-corrected chi connectivity index (χ1v) is 4.98. The van der Waals surface area contributed by atoms with Gasteiger partial charge < -0.3 is 5.32 Å². The van der Waals surface area contributed by atoms with Crippen molar-refractivity contribution in [3.8, 4) is 0 Å². The molecular formula is C14H17NO. The van der Waals surface area contributed by atoms with E-state index >= 15 is 0 Å². The Labute approximate surface area is 96.3 Å². The average Bonchev–Trinajstić information content (AvgIpc) is 2.26. The smallest absolute Gasteiger partial charge is 0.217 e. The number of fused-ring (bicyclic) bond motifs is 1. The first-order chi connectivity index (χ1) is 7.27. The fraction of sp³-hybridized carbons (Fsp3) is 0.214. The molecule has 1 N–H and O–H groups in total. The van der Waals surface area contributed by atoms with Crippen LogP contribution in [0.1, 0.15) is 19.9 Å². The minimum atomic E-state index is 0. The Morgan fingerprint density at radius 2 is 1.81 bits per heavy atom. The van der Waals surface area contributed by atoms with Gasteiger partial charge in [-0.2, -0.15) is 0 Å². The van der Waals surface area contributed by atoms with Gasteiger partial charge in [-0.05, 0) is 16.3 Å². The van der Waals surface area contributed by atoms with Crippen LogP contribution < -0.4 is 5.32 Å². The van der Waals surface area contributed by atoms with E-state index < -0.39 is 0 Å². The van der Waals surface area contributed by atoms with Crippen molar-refractivity contribution in [1.29, 1.82) is 0 Å². The van der Waals surface area contributed by atoms with Crippen molar-refractivity contribution in [2.45, 2.75) is 20.9 Å². The minimum Gasteiger partial charge on any atom is -0.352 e. The van der Waals surface area contributed by atoms with Gasteiger partial charge >= 0.3 is 0 Å². The first-order valence-electron chi connectivity index (χ1n) is 4.98. The van der Waals surface area contributed by atoms with Gasteiger partial charge in [-0.1, -0.05) is 49.9 Å². The van der Waals surface area contributed by atoms with Crippen LogP contribution in [-0.4, -0.2) is 5.91 Å². The van der Waals surface area contributed by atoms with E-state index in [0.29, 0.717) is 6.54 Å². The number of hydrogen-bond donors (Lipinski definition) is 1. The third kappa shape index (κ3) is 2.60. The number of rotatable bonds is 2. The van der Waals surface area contributed by atoms with Gasteiger partial charge in [0, 0.05) is 13.5 Å². The molecule has 0 radical (unpaired) electrons. The molecule has 0 spiro atoms. The molecule has 0 aliphatic rings. The zero-order valence-corrected chi connectivity index (χ0v) is 8.66. The molecule has 0 bridgehead atoms. The van der Waals surface area contributed by atoms with Crippen LogP contribution in [0.15, 0.2) is 42.5 Å². The van der Waals surface area contributed by atoms with Crippen LogP contribution in [0.25, 0.3) is 10.8 Å². The van der Waals surface area contributed by atoms with Crippen molar-refractivity contribution in [3.63, 3.8) is 0 Å². The molecule has 2 nitrogen and oxygen atoms in total. The molecule has 0 aromatic heterocycles. The summed E-state index contributed by atoms with van der Waals surface area (Å²) < 4.78 is 0. The van der Waals surface area contributed by atoms with Gasteiger partial charge in [0.05, 0.1) is 0 Å². The van der Waals surface area contributed by atoms with Crippen LogP contribution in [0.2, 0.25) is 0 Å². The number of amides is 1. The molecule has 0 heterocycles. The lowest BCUT2D eigenvalue weighted by Gasteiger charge is -2.06. The predicted molar refractivity (Wildman–Crippen MR) is 68.2 cm³/mol. The summed E-state index contributed by atoms with van der Waals surface area (Å²) >= 11 is 0. The summed E-state index contributed by atoms with van der Waals surface area (Å²) in [6, 6.07) is 14.3. The summed E-state index contributed by atoms with van der Waals surface area (Å²) in [5, 5.41) is 5.23. The van der Waals surface area contributed by atoms with Crippen molar-refractivity contribution in [1.82, 2.24) is 5.32 Å². The van der Waals surface area contributed by atoms with E-state index in [2.05, 4.69) is 23.5 Å². The summed E-state index contributed by atoms with van der Waals surface area (Å²) in [7, 11) is 0. The standard InChI is InChI=1S/C13H13NO.CH4/c1-10(15)14-9-12-7-4-6-11-5-2-3-8-13(11)12;/h2-8H,9H2,1H3,(H,14,15);1H4. The Morgan fingerprint density at radius 3 is 2.56 bits per heavy atom. The summed E-state index contributed by atoms with van der Waals surface area (Å²) in [5.74, 6) is 0.00272. The Morgan fingerprint density at radius 1 is 1.12 bits per heavy atom. The molecule has 0 fully saturated rings. The molecule has 0 aliphatic carbocycles. The van der Waals surface area contributed by atoms with Crippen LogP contribution in [0.4, 0.5) is 0 Å². The van der Waals surface area contributed by atoms with E-state index in [0.717, 1.165) is 5.56 Å². The van der Waals surface area contributed by atoms with Crippen LogP contribution in [0.3, 0.4) is 0 Å². The molecule has 0 unspecified atom stereocenters. The Hall–Kier alpha value is -1.83. The monoisotopic (exact) mass is 215 g/mol. The van der Waals surface area contributed by atoms with Crippen molar-refractivity contribution in [3.05, 3.63) is 48.0 Å². The van der Waals surface area contributed by atoms with E-state index in [9.17, 15) is 4.79 Å². The third-order valence-corrected chi connectivity index (χ3v) is 2.41. The SMILES string of the molecule is C.CC(=O)NCc1cccc2ccccc12. The largest absolute Gasteiger partial charge is 0.352 e. The normalized spacial score (nSPS) is 9.56. The average molecular weight is 215 g/mol. The van der Waals surface area contributed by atoms with Gasteiger partial charge in [0.25, 0.3) is 0 Å². The van der Waals surface area contributed by atoms with Gasteiger partial charge in [0.2, 0.25) is 5.91 Å². The van der Waals surface area contributed by atoms with Crippen molar-refractivity contribution in [2.24, 2.45) is 0 Å². The lowest BCUT2D eigenvalue weighted by molar-refractivity contribution is -0.119. The lowest BCUT2D eigenvalue weighted by Crippen LogP contribution is -2.18. The fourth-order valence-corrected chi connectivity index (χ4v) is 1.67. The second kappa shape index (κ2) is 5.31. The molecule has 84 valence electrons. The molecular weight excluding hydrogens is 198 g/mol. The number of carbonyl (C=O) groups excluding carboxylic acids is 1. The quantitative estimate of drug-likeness (QED) is 0.819. The van der Waals surface area contributed by atoms with Crippen LogP contribution in [-0.2, 0) is 11.3 Å². The van der Waals surface area contributed by atoms with E-state index in [1.807, 2.05) is 24.3 Å². The van der Waals surface area contributed by atoms with Gasteiger partial charge in [0.1, 0.15) is 0 Å². The summed E-state index contributed by atoms with van der Waals surface area (Å²) in [4.78, 5) is 10.8. The van der Waals surface area contributed by atoms with E-state index in [1.54, 1.807) is 0 Å². The Balaban J connectivity index is 0.00000128. The molecule has 0 aliphatic heterocycles. The minimum absolute atomic E-state index is 0. The van der Waals surface area contributed by atoms with E-state index in [-0.39, 0.29) is 13.3 Å². The lowest BCUT2D eigenvalue weighted by atomic mass is 10.0. The Kier molecular flexibility index (Phi) is 4.06. The highest BCUT2D eigenvalue weighted by Crippen LogP contribution is 2.17. The maximum Gasteiger partial charge on any atom is 0.217 e. The van der Waals surface area contributed by atoms with Gasteiger partial charge in [0.15, 0.2) is 0 Å².